The van der Waals surface area contributed by atoms with E-state index in [0.29, 0.717) is 6.04 Å². The largest absolute Gasteiger partial charge is 0.385 e. The summed E-state index contributed by atoms with van der Waals surface area (Å²) in [5.74, 6) is 2.37. The lowest BCUT2D eigenvalue weighted by Gasteiger charge is -2.23. The Morgan fingerprint density at radius 2 is 2.32 bits per heavy atom. The summed E-state index contributed by atoms with van der Waals surface area (Å²) in [6.07, 6.45) is 4.55. The van der Waals surface area contributed by atoms with Crippen molar-refractivity contribution >= 4 is 23.4 Å². The standard InChI is InChI=1S/C15H20N2OS/c18-15(17-13-4-2-8-19-10-13)12-5-6-14-11(9-12)3-1-7-16-14/h5-6,9,13,16H,1-4,7-8,10H2,(H,17,18). The summed E-state index contributed by atoms with van der Waals surface area (Å²) < 4.78 is 0. The smallest absolute Gasteiger partial charge is 0.251 e. The molecular formula is C15H20N2OS. The van der Waals surface area contributed by atoms with Crippen LogP contribution in [-0.2, 0) is 6.42 Å². The predicted octanol–water partition coefficient (Wildman–Crippen LogP) is 2.67. The number of benzene rings is 1. The van der Waals surface area contributed by atoms with E-state index in [1.54, 1.807) is 0 Å². The van der Waals surface area contributed by atoms with Crippen molar-refractivity contribution in [3.05, 3.63) is 29.3 Å². The van der Waals surface area contributed by atoms with E-state index < -0.39 is 0 Å². The van der Waals surface area contributed by atoms with E-state index in [1.165, 1.54) is 23.4 Å². The van der Waals surface area contributed by atoms with Crippen molar-refractivity contribution in [2.24, 2.45) is 0 Å². The number of fused-ring (bicyclic) bond motifs is 1. The molecule has 0 aliphatic carbocycles. The topological polar surface area (TPSA) is 41.1 Å². The van der Waals surface area contributed by atoms with E-state index in [9.17, 15) is 4.79 Å². The van der Waals surface area contributed by atoms with Gasteiger partial charge in [-0.2, -0.15) is 11.8 Å². The molecule has 0 saturated carbocycles. The molecule has 0 aromatic heterocycles. The number of anilines is 1. The van der Waals surface area contributed by atoms with Crippen LogP contribution in [0.5, 0.6) is 0 Å². The third-order valence-corrected chi connectivity index (χ3v) is 5.02. The van der Waals surface area contributed by atoms with Crippen molar-refractivity contribution in [1.29, 1.82) is 0 Å². The fraction of sp³-hybridized carbons (Fsp3) is 0.533. The normalized spacial score (nSPS) is 22.2. The molecule has 1 aromatic carbocycles. The number of aryl methyl sites for hydroxylation is 1. The van der Waals surface area contributed by atoms with E-state index in [0.717, 1.165) is 37.1 Å². The van der Waals surface area contributed by atoms with E-state index in [2.05, 4.69) is 10.6 Å². The van der Waals surface area contributed by atoms with E-state index in [4.69, 9.17) is 0 Å². The van der Waals surface area contributed by atoms with Crippen molar-refractivity contribution in [3.8, 4) is 0 Å². The van der Waals surface area contributed by atoms with Gasteiger partial charge in [0.15, 0.2) is 0 Å². The first kappa shape index (κ1) is 12.9. The fourth-order valence-electron chi connectivity index (χ4n) is 2.74. The van der Waals surface area contributed by atoms with Gasteiger partial charge in [0.2, 0.25) is 0 Å². The van der Waals surface area contributed by atoms with Crippen molar-refractivity contribution in [2.75, 3.05) is 23.4 Å². The number of amides is 1. The van der Waals surface area contributed by atoms with Crippen molar-refractivity contribution in [1.82, 2.24) is 5.32 Å². The third kappa shape index (κ3) is 3.06. The Kier molecular flexibility index (Phi) is 3.97. The zero-order valence-corrected chi connectivity index (χ0v) is 11.9. The van der Waals surface area contributed by atoms with Gasteiger partial charge < -0.3 is 10.6 Å². The molecular weight excluding hydrogens is 256 g/mol. The number of nitrogens with one attached hydrogen (secondary N) is 2. The van der Waals surface area contributed by atoms with E-state index in [1.807, 2.05) is 30.0 Å². The zero-order chi connectivity index (χ0) is 13.1. The van der Waals surface area contributed by atoms with Crippen LogP contribution in [0.4, 0.5) is 5.69 Å². The third-order valence-electron chi connectivity index (χ3n) is 3.80. The number of rotatable bonds is 2. The van der Waals surface area contributed by atoms with Crippen LogP contribution in [-0.4, -0.2) is 30.0 Å². The molecule has 102 valence electrons. The van der Waals surface area contributed by atoms with Crippen LogP contribution in [0, 0.1) is 0 Å². The summed E-state index contributed by atoms with van der Waals surface area (Å²) in [4.78, 5) is 12.3. The minimum Gasteiger partial charge on any atom is -0.385 e. The van der Waals surface area contributed by atoms with Gasteiger partial charge in [-0.05, 0) is 55.2 Å². The van der Waals surface area contributed by atoms with Gasteiger partial charge in [0.1, 0.15) is 0 Å². The molecule has 1 unspecified atom stereocenters. The first-order chi connectivity index (χ1) is 9.33. The van der Waals surface area contributed by atoms with Crippen LogP contribution < -0.4 is 10.6 Å². The molecule has 1 amide bonds. The lowest BCUT2D eigenvalue weighted by molar-refractivity contribution is 0.0938. The molecule has 2 heterocycles. The molecule has 0 radical (unpaired) electrons. The molecule has 0 bridgehead atoms. The van der Waals surface area contributed by atoms with Gasteiger partial charge in [-0.3, -0.25) is 4.79 Å². The molecule has 3 rings (SSSR count). The van der Waals surface area contributed by atoms with E-state index >= 15 is 0 Å². The molecule has 1 atom stereocenters. The SMILES string of the molecule is O=C(NC1CCCSC1)c1ccc2c(c1)CCCN2. The average Bonchev–Trinajstić information content (AvgIpc) is 2.48. The quantitative estimate of drug-likeness (QED) is 0.872. The minimum absolute atomic E-state index is 0.0841. The molecule has 2 N–H and O–H groups in total. The number of hydrogen-bond donors (Lipinski definition) is 2. The number of carbonyl (C=O) groups excluding carboxylic acids is 1. The van der Waals surface area contributed by atoms with Crippen LogP contribution in [0.3, 0.4) is 0 Å². The lowest BCUT2D eigenvalue weighted by atomic mass is 10.0. The van der Waals surface area contributed by atoms with Gasteiger partial charge in [0.05, 0.1) is 0 Å². The van der Waals surface area contributed by atoms with Crippen molar-refractivity contribution in [3.63, 3.8) is 0 Å². The van der Waals surface area contributed by atoms with Gasteiger partial charge in [-0.25, -0.2) is 0 Å². The van der Waals surface area contributed by atoms with E-state index in [-0.39, 0.29) is 5.91 Å². The highest BCUT2D eigenvalue weighted by molar-refractivity contribution is 7.99. The molecule has 2 aliphatic rings. The molecule has 2 aliphatic heterocycles. The van der Waals surface area contributed by atoms with Crippen molar-refractivity contribution in [2.45, 2.75) is 31.7 Å². The molecule has 1 saturated heterocycles. The van der Waals surface area contributed by atoms with Crippen LogP contribution in [0.15, 0.2) is 18.2 Å². The summed E-state index contributed by atoms with van der Waals surface area (Å²) in [5, 5.41) is 6.54. The second-order valence-electron chi connectivity index (χ2n) is 5.29. The summed E-state index contributed by atoms with van der Waals surface area (Å²) in [7, 11) is 0. The first-order valence-corrected chi connectivity index (χ1v) is 8.24. The van der Waals surface area contributed by atoms with Crippen LogP contribution >= 0.6 is 11.8 Å². The maximum Gasteiger partial charge on any atom is 0.251 e. The maximum atomic E-state index is 12.3. The van der Waals surface area contributed by atoms with Crippen LogP contribution in [0.25, 0.3) is 0 Å². The Labute approximate surface area is 118 Å². The lowest BCUT2D eigenvalue weighted by Crippen LogP contribution is -2.38. The molecule has 3 nitrogen and oxygen atoms in total. The summed E-state index contributed by atoms with van der Waals surface area (Å²) >= 11 is 1.94. The molecule has 0 spiro atoms. The summed E-state index contributed by atoms with van der Waals surface area (Å²) in [5.41, 5.74) is 3.27. The summed E-state index contributed by atoms with van der Waals surface area (Å²) in [6, 6.07) is 6.37. The number of carbonyl (C=O) groups is 1. The number of hydrogen-bond acceptors (Lipinski definition) is 3. The monoisotopic (exact) mass is 276 g/mol. The van der Waals surface area contributed by atoms with Gasteiger partial charge in [-0.1, -0.05) is 0 Å². The highest BCUT2D eigenvalue weighted by Gasteiger charge is 2.18. The Morgan fingerprint density at radius 1 is 1.37 bits per heavy atom. The van der Waals surface area contributed by atoms with Gasteiger partial charge in [0.25, 0.3) is 5.91 Å². The Hall–Kier alpha value is -1.16. The predicted molar refractivity (Wildman–Crippen MR) is 81.1 cm³/mol. The molecule has 4 heteroatoms. The fourth-order valence-corrected chi connectivity index (χ4v) is 3.81. The first-order valence-electron chi connectivity index (χ1n) is 7.08. The Morgan fingerprint density at radius 3 is 3.16 bits per heavy atom. The van der Waals surface area contributed by atoms with Gasteiger partial charge >= 0.3 is 0 Å². The Bertz CT molecular complexity index is 469. The van der Waals surface area contributed by atoms with Gasteiger partial charge in [0, 0.05) is 29.6 Å². The van der Waals surface area contributed by atoms with Crippen LogP contribution in [0.1, 0.15) is 35.2 Å². The minimum atomic E-state index is 0.0841. The highest BCUT2D eigenvalue weighted by atomic mass is 32.2. The second-order valence-corrected chi connectivity index (χ2v) is 6.44. The average molecular weight is 276 g/mol. The van der Waals surface area contributed by atoms with Crippen molar-refractivity contribution < 1.29 is 4.79 Å². The second kappa shape index (κ2) is 5.87. The van der Waals surface area contributed by atoms with Gasteiger partial charge in [-0.15, -0.1) is 0 Å². The number of thioether (sulfide) groups is 1. The highest BCUT2D eigenvalue weighted by Crippen LogP contribution is 2.23. The molecule has 1 aromatic rings. The molecule has 19 heavy (non-hydrogen) atoms. The maximum absolute atomic E-state index is 12.3. The summed E-state index contributed by atoms with van der Waals surface area (Å²) in [6.45, 7) is 1.04. The van der Waals surface area contributed by atoms with Crippen LogP contribution in [0.2, 0.25) is 0 Å². The Balaban J connectivity index is 1.69. The zero-order valence-electron chi connectivity index (χ0n) is 11.1. The molecule has 1 fully saturated rings.